The minimum atomic E-state index is -1.45. The molecule has 1 aliphatic heterocycles. The highest BCUT2D eigenvalue weighted by Gasteiger charge is 2.54. The molecule has 0 spiro atoms. The van der Waals surface area contributed by atoms with Gasteiger partial charge in [-0.05, 0) is 23.3 Å². The number of rotatable bonds is 7. The Bertz CT molecular complexity index is 1320. The molecule has 0 radical (unpaired) electrons. The maximum absolute atomic E-state index is 13.6. The number of hydrazine groups is 1. The number of nitrogens with one attached hydrogen (secondary N) is 2. The number of carbonyl (C=O) groups is 3. The van der Waals surface area contributed by atoms with Crippen LogP contribution in [0.2, 0.25) is 0 Å². The van der Waals surface area contributed by atoms with Crippen LogP contribution in [0.4, 0.5) is 4.79 Å². The molecule has 174 valence electrons. The van der Waals surface area contributed by atoms with Crippen LogP contribution in [-0.4, -0.2) is 43.4 Å². The molecular formula is C25H20N6O3S. The molecule has 9 nitrogen and oxygen atoms in total. The lowest BCUT2D eigenvalue weighted by atomic mass is 9.83. The van der Waals surface area contributed by atoms with Crippen molar-refractivity contribution in [2.24, 2.45) is 0 Å². The Morgan fingerprint density at radius 3 is 2.06 bits per heavy atom. The highest BCUT2D eigenvalue weighted by Crippen LogP contribution is 2.35. The van der Waals surface area contributed by atoms with E-state index in [1.165, 1.54) is 0 Å². The topological polar surface area (TPSA) is 109 Å². The number of imide groups is 1. The lowest BCUT2D eigenvalue weighted by molar-refractivity contribution is -0.137. The van der Waals surface area contributed by atoms with Crippen molar-refractivity contribution < 1.29 is 14.4 Å². The molecule has 0 saturated carbocycles. The van der Waals surface area contributed by atoms with Crippen molar-refractivity contribution in [1.29, 1.82) is 0 Å². The van der Waals surface area contributed by atoms with Crippen molar-refractivity contribution in [2.45, 2.75) is 10.7 Å². The van der Waals surface area contributed by atoms with E-state index in [9.17, 15) is 14.4 Å². The summed E-state index contributed by atoms with van der Waals surface area (Å²) in [6.07, 6.45) is 1.56. The molecule has 0 unspecified atom stereocenters. The van der Waals surface area contributed by atoms with Gasteiger partial charge in [0.15, 0.2) is 10.7 Å². The number of amides is 4. The second kappa shape index (κ2) is 9.43. The van der Waals surface area contributed by atoms with Gasteiger partial charge in [-0.3, -0.25) is 19.6 Å². The molecule has 0 atom stereocenters. The fourth-order valence-electron chi connectivity index (χ4n) is 3.94. The third-order valence-electron chi connectivity index (χ3n) is 5.55. The van der Waals surface area contributed by atoms with Gasteiger partial charge in [0.25, 0.3) is 5.91 Å². The number of carbonyl (C=O) groups excluding carboxylic acids is 3. The zero-order chi connectivity index (χ0) is 24.3. The van der Waals surface area contributed by atoms with E-state index in [0.29, 0.717) is 16.3 Å². The number of para-hydroxylation sites is 1. The van der Waals surface area contributed by atoms with Crippen LogP contribution < -0.4 is 10.7 Å². The van der Waals surface area contributed by atoms with E-state index in [-0.39, 0.29) is 5.75 Å². The fraction of sp³-hybridized carbons (Fsp3) is 0.0800. The first kappa shape index (κ1) is 22.4. The molecule has 1 aromatic heterocycles. The first-order valence-electron chi connectivity index (χ1n) is 10.7. The Morgan fingerprint density at radius 1 is 0.886 bits per heavy atom. The van der Waals surface area contributed by atoms with E-state index >= 15 is 0 Å². The van der Waals surface area contributed by atoms with Crippen LogP contribution in [0.3, 0.4) is 0 Å². The second-order valence-corrected chi connectivity index (χ2v) is 8.64. The quantitative estimate of drug-likeness (QED) is 0.308. The number of hydrogen-bond donors (Lipinski definition) is 2. The first-order chi connectivity index (χ1) is 17.1. The fourth-order valence-corrected chi connectivity index (χ4v) is 4.66. The number of hydrogen-bond acceptors (Lipinski definition) is 6. The van der Waals surface area contributed by atoms with Crippen LogP contribution in [0.15, 0.2) is 102 Å². The zero-order valence-electron chi connectivity index (χ0n) is 18.4. The Labute approximate surface area is 205 Å². The summed E-state index contributed by atoms with van der Waals surface area (Å²) in [4.78, 5) is 39.3. The maximum Gasteiger partial charge on any atom is 0.344 e. The lowest BCUT2D eigenvalue weighted by Crippen LogP contribution is -2.49. The Balaban J connectivity index is 1.34. The number of urea groups is 1. The van der Waals surface area contributed by atoms with Gasteiger partial charge in [-0.2, -0.15) is 5.01 Å². The van der Waals surface area contributed by atoms with Crippen LogP contribution in [0.1, 0.15) is 11.1 Å². The molecule has 0 aliphatic carbocycles. The SMILES string of the molecule is O=C(CSc1nncn1-c1ccccc1)NN1C(=O)NC(c2ccccc2)(c2ccccc2)C1=O. The number of aromatic nitrogens is 3. The summed E-state index contributed by atoms with van der Waals surface area (Å²) in [6, 6.07) is 26.6. The van der Waals surface area contributed by atoms with Crippen molar-refractivity contribution in [1.82, 2.24) is 30.5 Å². The smallest absolute Gasteiger partial charge is 0.314 e. The minimum absolute atomic E-state index is 0.0771. The number of benzene rings is 3. The molecule has 1 fully saturated rings. The van der Waals surface area contributed by atoms with E-state index in [2.05, 4.69) is 20.9 Å². The molecule has 1 aliphatic rings. The van der Waals surface area contributed by atoms with E-state index < -0.39 is 23.4 Å². The average Bonchev–Trinajstić information content (AvgIpc) is 3.48. The summed E-state index contributed by atoms with van der Waals surface area (Å²) in [5.74, 6) is -1.20. The first-order valence-corrected chi connectivity index (χ1v) is 11.7. The predicted octanol–water partition coefficient (Wildman–Crippen LogP) is 2.89. The lowest BCUT2D eigenvalue weighted by Gasteiger charge is -2.27. The molecule has 3 aromatic carbocycles. The monoisotopic (exact) mass is 484 g/mol. The van der Waals surface area contributed by atoms with Gasteiger partial charge in [-0.1, -0.05) is 90.6 Å². The number of nitrogens with zero attached hydrogens (tertiary/aromatic N) is 4. The Hall–Kier alpha value is -4.44. The summed E-state index contributed by atoms with van der Waals surface area (Å²) in [5.41, 5.74) is 3.03. The van der Waals surface area contributed by atoms with Crippen molar-refractivity contribution in [2.75, 3.05) is 5.75 Å². The summed E-state index contributed by atoms with van der Waals surface area (Å²) in [7, 11) is 0. The van der Waals surface area contributed by atoms with Gasteiger partial charge in [0, 0.05) is 5.69 Å². The Morgan fingerprint density at radius 2 is 1.46 bits per heavy atom. The van der Waals surface area contributed by atoms with Gasteiger partial charge in [-0.15, -0.1) is 10.2 Å². The third kappa shape index (κ3) is 4.15. The van der Waals surface area contributed by atoms with E-state index in [1.54, 1.807) is 59.4 Å². The summed E-state index contributed by atoms with van der Waals surface area (Å²) >= 11 is 1.14. The molecule has 2 heterocycles. The summed E-state index contributed by atoms with van der Waals surface area (Å²) in [6.45, 7) is 0. The van der Waals surface area contributed by atoms with E-state index in [1.807, 2.05) is 42.5 Å². The van der Waals surface area contributed by atoms with Gasteiger partial charge in [0.1, 0.15) is 6.33 Å². The third-order valence-corrected chi connectivity index (χ3v) is 6.50. The molecule has 4 aromatic rings. The highest BCUT2D eigenvalue weighted by atomic mass is 32.2. The molecule has 10 heteroatoms. The second-order valence-electron chi connectivity index (χ2n) is 7.70. The summed E-state index contributed by atoms with van der Waals surface area (Å²) < 4.78 is 1.75. The molecule has 35 heavy (non-hydrogen) atoms. The van der Waals surface area contributed by atoms with Gasteiger partial charge in [0.2, 0.25) is 5.91 Å². The standard InChI is InChI=1S/C25H20N6O3S/c32-21(16-35-24-28-26-17-30(24)20-14-8-3-9-15-20)29-31-22(33)25(27-23(31)34,18-10-4-1-5-11-18)19-12-6-2-7-13-19/h1-15,17H,16H2,(H,27,34)(H,29,32). The van der Waals surface area contributed by atoms with Crippen LogP contribution in [0.25, 0.3) is 5.69 Å². The maximum atomic E-state index is 13.6. The normalized spacial score (nSPS) is 14.6. The van der Waals surface area contributed by atoms with Gasteiger partial charge < -0.3 is 5.32 Å². The molecule has 0 bridgehead atoms. The average molecular weight is 485 g/mol. The van der Waals surface area contributed by atoms with E-state index in [4.69, 9.17) is 0 Å². The predicted molar refractivity (Wildman–Crippen MR) is 129 cm³/mol. The molecule has 5 rings (SSSR count). The van der Waals surface area contributed by atoms with Crippen molar-refractivity contribution in [3.05, 3.63) is 108 Å². The van der Waals surface area contributed by atoms with Gasteiger partial charge in [0.05, 0.1) is 5.75 Å². The van der Waals surface area contributed by atoms with Crippen molar-refractivity contribution in [3.63, 3.8) is 0 Å². The molecule has 1 saturated heterocycles. The minimum Gasteiger partial charge on any atom is -0.314 e. The molecular weight excluding hydrogens is 464 g/mol. The summed E-state index contributed by atoms with van der Waals surface area (Å²) in [5, 5.41) is 12.0. The highest BCUT2D eigenvalue weighted by molar-refractivity contribution is 7.99. The molecule has 4 amide bonds. The Kier molecular flexibility index (Phi) is 6.02. The largest absolute Gasteiger partial charge is 0.344 e. The van der Waals surface area contributed by atoms with Crippen LogP contribution >= 0.6 is 11.8 Å². The van der Waals surface area contributed by atoms with Gasteiger partial charge in [-0.25, -0.2) is 4.79 Å². The zero-order valence-corrected chi connectivity index (χ0v) is 19.2. The van der Waals surface area contributed by atoms with Crippen LogP contribution in [0.5, 0.6) is 0 Å². The number of thioether (sulfide) groups is 1. The molecule has 2 N–H and O–H groups in total. The van der Waals surface area contributed by atoms with Crippen LogP contribution in [-0.2, 0) is 15.1 Å². The van der Waals surface area contributed by atoms with Gasteiger partial charge >= 0.3 is 6.03 Å². The van der Waals surface area contributed by atoms with E-state index in [0.717, 1.165) is 22.5 Å². The van der Waals surface area contributed by atoms with Crippen molar-refractivity contribution in [3.8, 4) is 5.69 Å². The van der Waals surface area contributed by atoms with Crippen molar-refractivity contribution >= 4 is 29.6 Å². The van der Waals surface area contributed by atoms with Crippen LogP contribution in [0, 0.1) is 0 Å².